The zero-order valence-corrected chi connectivity index (χ0v) is 9.29. The Kier molecular flexibility index (Phi) is 1.82. The van der Waals surface area contributed by atoms with Gasteiger partial charge in [-0.3, -0.25) is 0 Å². The van der Waals surface area contributed by atoms with Gasteiger partial charge in [0, 0.05) is 13.0 Å². The molecule has 2 aromatic rings. The van der Waals surface area contributed by atoms with Gasteiger partial charge in [0.2, 0.25) is 0 Å². The molecule has 1 aliphatic rings. The monoisotopic (exact) mass is 220 g/mol. The van der Waals surface area contributed by atoms with Gasteiger partial charge in [-0.25, -0.2) is 9.67 Å². The summed E-state index contributed by atoms with van der Waals surface area (Å²) >= 11 is 1.61. The summed E-state index contributed by atoms with van der Waals surface area (Å²) in [5.74, 6) is 2.45. The molecule has 2 aromatic heterocycles. The Bertz CT molecular complexity index is 495. The summed E-state index contributed by atoms with van der Waals surface area (Å²) in [5, 5.41) is 6.41. The SMILES string of the molecule is Cn1nc(C2CC2)nc1-c1sccc1N. The molecule has 3 rings (SSSR count). The van der Waals surface area contributed by atoms with Crippen LogP contribution in [0.3, 0.4) is 0 Å². The van der Waals surface area contributed by atoms with Crippen LogP contribution in [0.15, 0.2) is 11.4 Å². The summed E-state index contributed by atoms with van der Waals surface area (Å²) in [7, 11) is 1.92. The van der Waals surface area contributed by atoms with Crippen LogP contribution in [0.25, 0.3) is 10.7 Å². The van der Waals surface area contributed by atoms with E-state index in [1.807, 2.05) is 23.2 Å². The number of hydrogen-bond donors (Lipinski definition) is 1. The van der Waals surface area contributed by atoms with Gasteiger partial charge in [-0.1, -0.05) is 0 Å². The van der Waals surface area contributed by atoms with Crippen LogP contribution >= 0.6 is 11.3 Å². The van der Waals surface area contributed by atoms with E-state index in [0.29, 0.717) is 5.92 Å². The Morgan fingerprint density at radius 3 is 2.93 bits per heavy atom. The second kappa shape index (κ2) is 3.06. The van der Waals surface area contributed by atoms with Crippen LogP contribution in [0.4, 0.5) is 5.69 Å². The maximum Gasteiger partial charge on any atom is 0.170 e. The van der Waals surface area contributed by atoms with Crippen LogP contribution in [0.5, 0.6) is 0 Å². The fraction of sp³-hybridized carbons (Fsp3) is 0.400. The highest BCUT2D eigenvalue weighted by Gasteiger charge is 2.29. The van der Waals surface area contributed by atoms with Crippen molar-refractivity contribution in [2.75, 3.05) is 5.73 Å². The van der Waals surface area contributed by atoms with Crippen molar-refractivity contribution in [2.45, 2.75) is 18.8 Å². The van der Waals surface area contributed by atoms with Crippen molar-refractivity contribution >= 4 is 17.0 Å². The third-order valence-corrected chi connectivity index (χ3v) is 3.55. The third-order valence-electron chi connectivity index (χ3n) is 2.62. The molecule has 15 heavy (non-hydrogen) atoms. The molecule has 5 heteroatoms. The van der Waals surface area contributed by atoms with Crippen molar-refractivity contribution in [3.8, 4) is 10.7 Å². The first-order valence-electron chi connectivity index (χ1n) is 5.00. The number of anilines is 1. The Hall–Kier alpha value is -1.36. The molecule has 2 heterocycles. The van der Waals surface area contributed by atoms with Gasteiger partial charge in [0.15, 0.2) is 11.6 Å². The maximum absolute atomic E-state index is 5.87. The molecule has 0 atom stereocenters. The van der Waals surface area contributed by atoms with Crippen molar-refractivity contribution in [3.05, 3.63) is 17.3 Å². The Morgan fingerprint density at radius 1 is 1.53 bits per heavy atom. The smallest absolute Gasteiger partial charge is 0.170 e. The Morgan fingerprint density at radius 2 is 2.33 bits per heavy atom. The minimum atomic E-state index is 0.589. The van der Waals surface area contributed by atoms with E-state index in [1.165, 1.54) is 12.8 Å². The number of nitrogen functional groups attached to an aromatic ring is 1. The zero-order valence-electron chi connectivity index (χ0n) is 8.47. The molecule has 1 aliphatic carbocycles. The molecule has 0 bridgehead atoms. The lowest BCUT2D eigenvalue weighted by atomic mass is 10.4. The molecule has 0 radical (unpaired) electrons. The van der Waals surface area contributed by atoms with Crippen LogP contribution in [0.2, 0.25) is 0 Å². The molecule has 0 unspecified atom stereocenters. The lowest BCUT2D eigenvalue weighted by Gasteiger charge is -1.96. The fourth-order valence-corrected chi connectivity index (χ4v) is 2.46. The normalized spacial score (nSPS) is 15.8. The standard InChI is InChI=1S/C10H12N4S/c1-14-10(8-7(11)4-5-15-8)12-9(13-14)6-2-3-6/h4-6H,2-3,11H2,1H3. The van der Waals surface area contributed by atoms with E-state index in [4.69, 9.17) is 5.73 Å². The molecular formula is C10H12N4S. The van der Waals surface area contributed by atoms with Gasteiger partial charge in [-0.15, -0.1) is 11.3 Å². The number of hydrogen-bond acceptors (Lipinski definition) is 4. The molecule has 1 saturated carbocycles. The van der Waals surface area contributed by atoms with Crippen LogP contribution in [0.1, 0.15) is 24.6 Å². The molecule has 0 aromatic carbocycles. The van der Waals surface area contributed by atoms with Gasteiger partial charge in [0.25, 0.3) is 0 Å². The van der Waals surface area contributed by atoms with Crippen LogP contribution in [-0.2, 0) is 7.05 Å². The summed E-state index contributed by atoms with van der Waals surface area (Å²) in [5.41, 5.74) is 6.66. The molecule has 2 N–H and O–H groups in total. The summed E-state index contributed by atoms with van der Waals surface area (Å²) in [6, 6.07) is 1.91. The van der Waals surface area contributed by atoms with Crippen molar-refractivity contribution in [2.24, 2.45) is 7.05 Å². The number of nitrogens with zero attached hydrogens (tertiary/aromatic N) is 3. The molecule has 1 fully saturated rings. The van der Waals surface area contributed by atoms with Crippen LogP contribution in [-0.4, -0.2) is 14.8 Å². The zero-order chi connectivity index (χ0) is 10.4. The molecule has 0 saturated heterocycles. The summed E-state index contributed by atoms with van der Waals surface area (Å²) < 4.78 is 1.83. The minimum Gasteiger partial charge on any atom is -0.397 e. The topological polar surface area (TPSA) is 56.7 Å². The predicted molar refractivity (Wildman–Crippen MR) is 60.7 cm³/mol. The Balaban J connectivity index is 2.07. The van der Waals surface area contributed by atoms with E-state index >= 15 is 0 Å². The minimum absolute atomic E-state index is 0.589. The number of thiophene rings is 1. The summed E-state index contributed by atoms with van der Waals surface area (Å²) in [6.07, 6.45) is 2.45. The van der Waals surface area contributed by atoms with Crippen LogP contribution < -0.4 is 5.73 Å². The van der Waals surface area contributed by atoms with E-state index in [2.05, 4.69) is 10.1 Å². The van der Waals surface area contributed by atoms with Crippen LogP contribution in [0, 0.1) is 0 Å². The molecular weight excluding hydrogens is 208 g/mol. The van der Waals surface area contributed by atoms with Crippen molar-refractivity contribution in [3.63, 3.8) is 0 Å². The van der Waals surface area contributed by atoms with E-state index in [9.17, 15) is 0 Å². The predicted octanol–water partition coefficient (Wildman–Crippen LogP) is 2.00. The maximum atomic E-state index is 5.87. The van der Waals surface area contributed by atoms with E-state index in [1.54, 1.807) is 11.3 Å². The largest absolute Gasteiger partial charge is 0.397 e. The van der Waals surface area contributed by atoms with Gasteiger partial charge in [0.05, 0.1) is 10.6 Å². The third kappa shape index (κ3) is 1.43. The van der Waals surface area contributed by atoms with Gasteiger partial charge in [-0.05, 0) is 24.3 Å². The van der Waals surface area contributed by atoms with Crippen molar-refractivity contribution in [1.29, 1.82) is 0 Å². The van der Waals surface area contributed by atoms with E-state index in [-0.39, 0.29) is 0 Å². The molecule has 0 aliphatic heterocycles. The van der Waals surface area contributed by atoms with E-state index < -0.39 is 0 Å². The average Bonchev–Trinajstić information content (AvgIpc) is 2.87. The molecule has 78 valence electrons. The molecule has 0 amide bonds. The second-order valence-corrected chi connectivity index (χ2v) is 4.81. The van der Waals surface area contributed by atoms with Gasteiger partial charge in [-0.2, -0.15) is 5.10 Å². The summed E-state index contributed by atoms with van der Waals surface area (Å²) in [6.45, 7) is 0. The lowest BCUT2D eigenvalue weighted by molar-refractivity contribution is 0.751. The first-order valence-corrected chi connectivity index (χ1v) is 5.88. The van der Waals surface area contributed by atoms with Gasteiger partial charge < -0.3 is 5.73 Å². The first-order chi connectivity index (χ1) is 7.25. The average molecular weight is 220 g/mol. The number of nitrogens with two attached hydrogens (primary N) is 1. The summed E-state index contributed by atoms with van der Waals surface area (Å²) in [4.78, 5) is 5.58. The first kappa shape index (κ1) is 8.91. The highest BCUT2D eigenvalue weighted by molar-refractivity contribution is 7.14. The number of rotatable bonds is 2. The number of aromatic nitrogens is 3. The second-order valence-electron chi connectivity index (χ2n) is 3.90. The Labute approximate surface area is 91.7 Å². The quantitative estimate of drug-likeness (QED) is 0.842. The van der Waals surface area contributed by atoms with E-state index in [0.717, 1.165) is 22.2 Å². The van der Waals surface area contributed by atoms with Crippen molar-refractivity contribution < 1.29 is 0 Å². The number of aryl methyl sites for hydroxylation is 1. The van der Waals surface area contributed by atoms with Gasteiger partial charge >= 0.3 is 0 Å². The molecule has 0 spiro atoms. The lowest BCUT2D eigenvalue weighted by Crippen LogP contribution is -1.95. The molecule has 4 nitrogen and oxygen atoms in total. The van der Waals surface area contributed by atoms with Crippen molar-refractivity contribution in [1.82, 2.24) is 14.8 Å². The van der Waals surface area contributed by atoms with Gasteiger partial charge in [0.1, 0.15) is 0 Å². The highest BCUT2D eigenvalue weighted by Crippen LogP contribution is 2.39. The fourth-order valence-electron chi connectivity index (χ4n) is 1.62. The highest BCUT2D eigenvalue weighted by atomic mass is 32.1.